The summed E-state index contributed by atoms with van der Waals surface area (Å²) in [5, 5.41) is 15.1. The zero-order chi connectivity index (χ0) is 15.3. The maximum absolute atomic E-state index is 12.7. The number of nitrogens with two attached hydrogens (primary N) is 1. The van der Waals surface area contributed by atoms with Crippen molar-refractivity contribution in [3.05, 3.63) is 29.8 Å². The number of benzene rings is 1. The van der Waals surface area contributed by atoms with E-state index in [9.17, 15) is 4.79 Å². The molecule has 2 rings (SSSR count). The summed E-state index contributed by atoms with van der Waals surface area (Å²) in [5.74, 6) is -0.149. The van der Waals surface area contributed by atoms with E-state index in [1.807, 2.05) is 24.3 Å². The van der Waals surface area contributed by atoms with Gasteiger partial charge in [0.25, 0.3) is 0 Å². The van der Waals surface area contributed by atoms with E-state index < -0.39 is 5.41 Å². The smallest absolute Gasteiger partial charge is 0.238 e. The van der Waals surface area contributed by atoms with Gasteiger partial charge in [0.1, 0.15) is 5.41 Å². The van der Waals surface area contributed by atoms with Crippen molar-refractivity contribution in [3.63, 3.8) is 0 Å². The summed E-state index contributed by atoms with van der Waals surface area (Å²) in [6.45, 7) is 2.10. The second kappa shape index (κ2) is 6.61. The zero-order valence-electron chi connectivity index (χ0n) is 12.4. The van der Waals surface area contributed by atoms with Gasteiger partial charge in [0, 0.05) is 5.69 Å². The van der Waals surface area contributed by atoms with Gasteiger partial charge in [-0.1, -0.05) is 49.5 Å². The van der Waals surface area contributed by atoms with Gasteiger partial charge in [-0.15, -0.1) is 0 Å². The molecular weight excluding hydrogens is 266 g/mol. The summed E-state index contributed by atoms with van der Waals surface area (Å²) in [4.78, 5) is 12.7. The van der Waals surface area contributed by atoms with Crippen LogP contribution < -0.4 is 11.1 Å². The fourth-order valence-electron chi connectivity index (χ4n) is 3.05. The number of carbonyl (C=O) groups is 1. The van der Waals surface area contributed by atoms with Crippen molar-refractivity contribution < 1.29 is 10.0 Å². The van der Waals surface area contributed by atoms with E-state index in [0.29, 0.717) is 12.8 Å². The van der Waals surface area contributed by atoms with Gasteiger partial charge in [0.15, 0.2) is 5.84 Å². The monoisotopic (exact) mass is 289 g/mol. The maximum Gasteiger partial charge on any atom is 0.238 e. The number of nitrogens with one attached hydrogen (secondary N) is 1. The summed E-state index contributed by atoms with van der Waals surface area (Å²) in [6, 6.07) is 7.79. The number of nitrogens with zero attached hydrogens (tertiary/aromatic N) is 1. The first-order valence-electron chi connectivity index (χ1n) is 7.51. The number of anilines is 1. The molecule has 1 aliphatic carbocycles. The Kier molecular flexibility index (Phi) is 4.83. The molecule has 1 fully saturated rings. The van der Waals surface area contributed by atoms with Gasteiger partial charge in [-0.2, -0.15) is 0 Å². The van der Waals surface area contributed by atoms with Crippen molar-refractivity contribution in [2.24, 2.45) is 16.3 Å². The molecule has 0 unspecified atom stereocenters. The lowest BCUT2D eigenvalue weighted by Gasteiger charge is -2.26. The molecule has 1 aliphatic rings. The van der Waals surface area contributed by atoms with E-state index in [1.54, 1.807) is 0 Å². The largest absolute Gasteiger partial charge is 0.409 e. The van der Waals surface area contributed by atoms with E-state index in [0.717, 1.165) is 36.9 Å². The minimum Gasteiger partial charge on any atom is -0.409 e. The van der Waals surface area contributed by atoms with E-state index in [4.69, 9.17) is 10.9 Å². The molecule has 0 aromatic heterocycles. The zero-order valence-corrected chi connectivity index (χ0v) is 12.4. The molecule has 0 saturated heterocycles. The van der Waals surface area contributed by atoms with E-state index in [1.165, 1.54) is 0 Å². The molecule has 0 aliphatic heterocycles. The third-order valence-corrected chi connectivity index (χ3v) is 4.27. The van der Waals surface area contributed by atoms with Crippen LogP contribution in [0.15, 0.2) is 29.4 Å². The Morgan fingerprint density at radius 3 is 2.67 bits per heavy atom. The van der Waals surface area contributed by atoms with Crippen LogP contribution in [-0.2, 0) is 11.2 Å². The Hall–Kier alpha value is -2.04. The highest BCUT2D eigenvalue weighted by molar-refractivity contribution is 6.12. The van der Waals surface area contributed by atoms with Crippen molar-refractivity contribution in [1.29, 1.82) is 0 Å². The quantitative estimate of drug-likeness (QED) is 0.337. The fraction of sp³-hybridized carbons (Fsp3) is 0.500. The molecule has 0 spiro atoms. The van der Waals surface area contributed by atoms with Crippen molar-refractivity contribution in [3.8, 4) is 0 Å². The van der Waals surface area contributed by atoms with Crippen LogP contribution in [0.2, 0.25) is 0 Å². The molecule has 114 valence electrons. The molecule has 1 saturated carbocycles. The number of rotatable bonds is 5. The molecule has 5 heteroatoms. The number of hydrogen-bond donors (Lipinski definition) is 3. The Labute approximate surface area is 125 Å². The highest BCUT2D eigenvalue weighted by Gasteiger charge is 2.45. The average Bonchev–Trinajstić information content (AvgIpc) is 2.99. The number of amides is 1. The van der Waals surface area contributed by atoms with Crippen LogP contribution in [0.3, 0.4) is 0 Å². The van der Waals surface area contributed by atoms with Crippen molar-refractivity contribution in [1.82, 2.24) is 0 Å². The lowest BCUT2D eigenvalue weighted by Crippen LogP contribution is -2.45. The van der Waals surface area contributed by atoms with Crippen LogP contribution in [0.4, 0.5) is 5.69 Å². The molecule has 0 bridgehead atoms. The van der Waals surface area contributed by atoms with Crippen LogP contribution in [0.25, 0.3) is 0 Å². The lowest BCUT2D eigenvalue weighted by atomic mass is 9.83. The van der Waals surface area contributed by atoms with E-state index >= 15 is 0 Å². The summed E-state index contributed by atoms with van der Waals surface area (Å²) in [6.07, 6.45) is 5.02. The number of hydrogen-bond acceptors (Lipinski definition) is 3. The third kappa shape index (κ3) is 3.01. The van der Waals surface area contributed by atoms with Gasteiger partial charge >= 0.3 is 0 Å². The molecule has 1 aromatic carbocycles. The summed E-state index contributed by atoms with van der Waals surface area (Å²) >= 11 is 0. The molecule has 1 aromatic rings. The van der Waals surface area contributed by atoms with Crippen LogP contribution in [0, 0.1) is 5.41 Å². The standard InChI is InChI=1S/C16H23N3O2/c1-2-7-12-8-3-4-9-13(12)18-15(20)16(14(17)19-21)10-5-6-11-16/h3-4,8-9,21H,2,5-7,10-11H2,1H3,(H2,17,19)(H,18,20). The summed E-state index contributed by atoms with van der Waals surface area (Å²) in [5.41, 5.74) is 6.87. The number of carbonyl (C=O) groups excluding carboxylic acids is 1. The highest BCUT2D eigenvalue weighted by Crippen LogP contribution is 2.39. The number of aryl methyl sites for hydroxylation is 1. The summed E-state index contributed by atoms with van der Waals surface area (Å²) in [7, 11) is 0. The highest BCUT2D eigenvalue weighted by atomic mass is 16.4. The second-order valence-corrected chi connectivity index (χ2v) is 5.64. The lowest BCUT2D eigenvalue weighted by molar-refractivity contribution is -0.122. The molecule has 0 radical (unpaired) electrons. The van der Waals surface area contributed by atoms with E-state index in [2.05, 4.69) is 17.4 Å². The number of amidine groups is 1. The number of oxime groups is 1. The Morgan fingerprint density at radius 1 is 1.38 bits per heavy atom. The molecule has 4 N–H and O–H groups in total. The third-order valence-electron chi connectivity index (χ3n) is 4.27. The van der Waals surface area contributed by atoms with Gasteiger partial charge in [-0.25, -0.2) is 0 Å². The van der Waals surface area contributed by atoms with E-state index in [-0.39, 0.29) is 11.7 Å². The maximum atomic E-state index is 12.7. The second-order valence-electron chi connectivity index (χ2n) is 5.64. The molecule has 0 atom stereocenters. The predicted molar refractivity (Wildman–Crippen MR) is 83.4 cm³/mol. The Bertz CT molecular complexity index is 534. The molecule has 0 heterocycles. The SMILES string of the molecule is CCCc1ccccc1NC(=O)C1(C(N)=NO)CCCC1. The first kappa shape index (κ1) is 15.4. The van der Waals surface area contributed by atoms with Crippen LogP contribution >= 0.6 is 0 Å². The van der Waals surface area contributed by atoms with Crippen molar-refractivity contribution >= 4 is 17.4 Å². The van der Waals surface area contributed by atoms with Gasteiger partial charge in [0.2, 0.25) is 5.91 Å². The van der Waals surface area contributed by atoms with Crippen LogP contribution in [0.5, 0.6) is 0 Å². The van der Waals surface area contributed by atoms with Crippen molar-refractivity contribution in [2.45, 2.75) is 45.4 Å². The van der Waals surface area contributed by atoms with Crippen LogP contribution in [0.1, 0.15) is 44.6 Å². The first-order chi connectivity index (χ1) is 10.1. The Balaban J connectivity index is 2.24. The normalized spacial score (nSPS) is 17.7. The van der Waals surface area contributed by atoms with Gasteiger partial charge in [-0.3, -0.25) is 4.79 Å². The topological polar surface area (TPSA) is 87.7 Å². The summed E-state index contributed by atoms with van der Waals surface area (Å²) < 4.78 is 0. The molecule has 1 amide bonds. The fourth-order valence-corrected chi connectivity index (χ4v) is 3.05. The first-order valence-corrected chi connectivity index (χ1v) is 7.51. The molecular formula is C16H23N3O2. The van der Waals surface area contributed by atoms with Crippen LogP contribution in [-0.4, -0.2) is 17.0 Å². The average molecular weight is 289 g/mol. The van der Waals surface area contributed by atoms with Gasteiger partial charge < -0.3 is 16.3 Å². The molecule has 5 nitrogen and oxygen atoms in total. The van der Waals surface area contributed by atoms with Crippen molar-refractivity contribution in [2.75, 3.05) is 5.32 Å². The minimum atomic E-state index is -0.867. The van der Waals surface area contributed by atoms with Gasteiger partial charge in [0.05, 0.1) is 0 Å². The number of para-hydroxylation sites is 1. The Morgan fingerprint density at radius 2 is 2.05 bits per heavy atom. The minimum absolute atomic E-state index is 0.0190. The van der Waals surface area contributed by atoms with Gasteiger partial charge in [-0.05, 0) is 30.9 Å². The molecule has 21 heavy (non-hydrogen) atoms. The predicted octanol–water partition coefficient (Wildman–Crippen LogP) is 2.88.